The third-order valence-electron chi connectivity index (χ3n) is 9.70. The van der Waals surface area contributed by atoms with Crippen LogP contribution in [0.5, 0.6) is 11.5 Å². The number of nitrogens with zero attached hydrogens (tertiary/aromatic N) is 2. The van der Waals surface area contributed by atoms with Crippen LogP contribution in [-0.2, 0) is 53.1 Å². The minimum Gasteiger partial charge on any atom is -0.497 e. The summed E-state index contributed by atoms with van der Waals surface area (Å²) in [6.45, 7) is 0.175. The number of halogens is 3. The second-order valence-corrected chi connectivity index (χ2v) is 16.1. The Morgan fingerprint density at radius 2 is 1.15 bits per heavy atom. The highest BCUT2D eigenvalue weighted by Crippen LogP contribution is 2.46. The molecule has 0 bridgehead atoms. The first kappa shape index (κ1) is 47.5. The fourth-order valence-corrected chi connectivity index (χ4v) is 9.97. The largest absolute Gasteiger partial charge is 0.497 e. The number of carbonyl (C=O) groups excluding carboxylic acids is 5. The number of hydrogen-bond acceptors (Lipinski definition) is 12. The van der Waals surface area contributed by atoms with Crippen molar-refractivity contribution in [2.45, 2.75) is 50.3 Å². The van der Waals surface area contributed by atoms with Gasteiger partial charge in [-0.1, -0.05) is 62.0 Å². The molecular weight excluding hydrogens is 861 g/mol. The van der Waals surface area contributed by atoms with Gasteiger partial charge in [0.05, 0.1) is 25.5 Å². The van der Waals surface area contributed by atoms with E-state index < -0.39 is 23.9 Å². The summed E-state index contributed by atoms with van der Waals surface area (Å²) in [6, 6.07) is 23.3. The number of thioether (sulfide) groups is 2. The number of β-lactam (4-membered cyclic amide) rings is 2. The highest BCUT2D eigenvalue weighted by Gasteiger charge is 2.54. The van der Waals surface area contributed by atoms with Crippen molar-refractivity contribution in [3.8, 4) is 11.5 Å². The predicted octanol–water partition coefficient (Wildman–Crippen LogP) is 6.50. The average Bonchev–Trinajstić information content (AvgIpc) is 3.25. The first-order valence-corrected chi connectivity index (χ1v) is 21.1. The molecule has 17 heteroatoms. The number of esters is 2. The van der Waals surface area contributed by atoms with Crippen LogP contribution >= 0.6 is 59.1 Å². The summed E-state index contributed by atoms with van der Waals surface area (Å²) in [7, 11) is 3.17. The summed E-state index contributed by atoms with van der Waals surface area (Å²) < 4.78 is 21.1. The van der Waals surface area contributed by atoms with Crippen molar-refractivity contribution in [1.82, 2.24) is 9.80 Å². The zero-order valence-corrected chi connectivity index (χ0v) is 35.6. The van der Waals surface area contributed by atoms with Crippen molar-refractivity contribution in [3.63, 3.8) is 0 Å². The molecule has 4 atom stereocenters. The van der Waals surface area contributed by atoms with Crippen LogP contribution in [0.4, 0.5) is 0 Å². The van der Waals surface area contributed by atoms with Gasteiger partial charge < -0.3 is 24.7 Å². The summed E-state index contributed by atoms with van der Waals surface area (Å²) >= 11 is 15.1. The zero-order valence-electron chi connectivity index (χ0n) is 31.6. The van der Waals surface area contributed by atoms with Gasteiger partial charge in [0, 0.05) is 36.1 Å². The summed E-state index contributed by atoms with van der Waals surface area (Å²) in [4.78, 5) is 65.8. The first-order valence-electron chi connectivity index (χ1n) is 17.9. The smallest absolute Gasteiger partial charge is 0.355 e. The van der Waals surface area contributed by atoms with Crippen LogP contribution in [0.3, 0.4) is 0 Å². The van der Waals surface area contributed by atoms with Gasteiger partial charge in [-0.15, -0.1) is 59.1 Å². The molecule has 4 aliphatic heterocycles. The predicted molar refractivity (Wildman–Crippen MR) is 232 cm³/mol. The minimum atomic E-state index is -0.575. The van der Waals surface area contributed by atoms with Crippen LogP contribution < -0.4 is 15.2 Å². The molecule has 3 aromatic rings. The van der Waals surface area contributed by atoms with E-state index in [2.05, 4.69) is 0 Å². The van der Waals surface area contributed by atoms with E-state index in [0.717, 1.165) is 22.4 Å². The van der Waals surface area contributed by atoms with Gasteiger partial charge >= 0.3 is 11.9 Å². The molecule has 4 heterocycles. The van der Waals surface area contributed by atoms with E-state index in [1.165, 1.54) is 33.3 Å². The number of rotatable bonds is 14. The number of ether oxygens (including phenoxy) is 4. The van der Waals surface area contributed by atoms with Gasteiger partial charge in [-0.3, -0.25) is 24.2 Å². The van der Waals surface area contributed by atoms with Crippen LogP contribution in [0.2, 0.25) is 0 Å². The van der Waals surface area contributed by atoms with Gasteiger partial charge in [-0.25, -0.2) is 9.59 Å². The lowest BCUT2D eigenvalue weighted by atomic mass is 9.89. The standard InChI is InChI=1S/C25H24ClNO5S.C16H17ClN2O4S.CH4.ClH/c1-31-20-9-7-17(8-10-20)14-32-25(30)22-18(13-26)15-33-24-21(23(29)27(22)24)12-19(28)11-16-5-3-2-4-6-16;1-22-11-4-2-9(3-5-11)7-23-16(21)13-10(6-17)8-24-15-12(18)14(20)19(13)15;;/h2-10,21,24H,11-15H2,1H3;2-5,12,15H,6-8,18H2,1H3;1H4;1H/t21-,24?;12-,15?;;/m11../s1. The molecule has 2 amide bonds. The summed E-state index contributed by atoms with van der Waals surface area (Å²) in [5.41, 5.74) is 10.2. The lowest BCUT2D eigenvalue weighted by Gasteiger charge is -2.49. The Balaban J connectivity index is 0.000000264. The number of amides is 2. The van der Waals surface area contributed by atoms with Crippen molar-refractivity contribution < 1.29 is 42.9 Å². The van der Waals surface area contributed by atoms with Gasteiger partial charge in [-0.2, -0.15) is 0 Å². The maximum absolute atomic E-state index is 13.0. The fraction of sp³-hybridized carbons (Fsp3) is 0.357. The summed E-state index contributed by atoms with van der Waals surface area (Å²) in [5, 5.41) is -0.472. The minimum absolute atomic E-state index is 0. The number of alkyl halides is 2. The molecule has 4 aliphatic rings. The molecule has 2 N–H and O–H groups in total. The Morgan fingerprint density at radius 3 is 1.61 bits per heavy atom. The third-order valence-corrected chi connectivity index (χ3v) is 13.1. The normalized spacial score (nSPS) is 20.2. The van der Waals surface area contributed by atoms with E-state index >= 15 is 0 Å². The van der Waals surface area contributed by atoms with Crippen molar-refractivity contribution in [2.24, 2.45) is 11.7 Å². The van der Waals surface area contributed by atoms with E-state index in [0.29, 0.717) is 34.8 Å². The highest BCUT2D eigenvalue weighted by molar-refractivity contribution is 8.00. The molecule has 59 heavy (non-hydrogen) atoms. The number of Topliss-reactive ketones (excluding diaryl/α,β-unsaturated/α-hetero) is 1. The number of hydrogen-bond donors (Lipinski definition) is 1. The van der Waals surface area contributed by atoms with Crippen molar-refractivity contribution >= 4 is 88.7 Å². The SMILES string of the molecule is C.COc1ccc(COC(=O)C2=C(CCl)CSC3[C@H](CC(=O)Cc4ccccc4)C(=O)N23)cc1.COc1ccc(COC(=O)C2=C(CCl)CSC3[C@H](N)C(=O)N23)cc1.Cl. The number of ketones is 1. The molecule has 0 saturated carbocycles. The topological polar surface area (TPSA) is 155 Å². The van der Waals surface area contributed by atoms with Gasteiger partial charge in [-0.05, 0) is 52.1 Å². The molecule has 2 fully saturated rings. The van der Waals surface area contributed by atoms with Crippen LogP contribution in [0.15, 0.2) is 101 Å². The average molecular weight is 907 g/mol. The first-order chi connectivity index (χ1) is 27.6. The molecule has 0 aromatic heterocycles. The molecule has 7 rings (SSSR count). The molecule has 0 spiro atoms. The van der Waals surface area contributed by atoms with Gasteiger partial charge in [0.25, 0.3) is 0 Å². The van der Waals surface area contributed by atoms with Gasteiger partial charge in [0.1, 0.15) is 53.3 Å². The van der Waals surface area contributed by atoms with E-state index in [1.807, 2.05) is 54.6 Å². The molecule has 2 saturated heterocycles. The van der Waals surface area contributed by atoms with Gasteiger partial charge in [0.2, 0.25) is 11.8 Å². The molecular formula is C42H46Cl3N3O9S2. The fourth-order valence-electron chi connectivity index (χ4n) is 6.60. The summed E-state index contributed by atoms with van der Waals surface area (Å²) in [5.74, 6) is 0.781. The molecule has 3 aromatic carbocycles. The molecule has 0 aliphatic carbocycles. The van der Waals surface area contributed by atoms with Crippen LogP contribution in [0.1, 0.15) is 30.5 Å². The Morgan fingerprint density at radius 1 is 0.695 bits per heavy atom. The van der Waals surface area contributed by atoms with E-state index in [1.54, 1.807) is 38.5 Å². The Labute approximate surface area is 368 Å². The van der Waals surface area contributed by atoms with E-state index in [-0.39, 0.29) is 91.0 Å². The van der Waals surface area contributed by atoms with Gasteiger partial charge in [0.15, 0.2) is 0 Å². The van der Waals surface area contributed by atoms with Crippen molar-refractivity contribution in [3.05, 3.63) is 118 Å². The molecule has 316 valence electrons. The second-order valence-electron chi connectivity index (χ2n) is 13.4. The monoisotopic (exact) mass is 905 g/mol. The van der Waals surface area contributed by atoms with Crippen LogP contribution in [-0.4, -0.2) is 93.6 Å². The zero-order chi connectivity index (χ0) is 40.6. The number of nitrogens with two attached hydrogens (primary N) is 1. The Kier molecular flexibility index (Phi) is 17.6. The number of fused-ring (bicyclic) bond motifs is 2. The second kappa shape index (κ2) is 21.9. The third kappa shape index (κ3) is 10.8. The number of carbonyl (C=O) groups is 5. The van der Waals surface area contributed by atoms with E-state index in [9.17, 15) is 24.0 Å². The number of benzene rings is 3. The number of methoxy groups -OCH3 is 2. The maximum atomic E-state index is 13.0. The molecule has 0 radical (unpaired) electrons. The van der Waals surface area contributed by atoms with Crippen molar-refractivity contribution in [2.75, 3.05) is 37.5 Å². The Bertz CT molecular complexity index is 2050. The van der Waals surface area contributed by atoms with E-state index in [4.69, 9.17) is 47.9 Å². The van der Waals surface area contributed by atoms with Crippen LogP contribution in [0.25, 0.3) is 0 Å². The van der Waals surface area contributed by atoms with Crippen molar-refractivity contribution in [1.29, 1.82) is 0 Å². The lowest BCUT2D eigenvalue weighted by Crippen LogP contribution is -2.68. The summed E-state index contributed by atoms with van der Waals surface area (Å²) in [6.07, 6.45) is 0.452. The quantitative estimate of drug-likeness (QED) is 0.107. The lowest BCUT2D eigenvalue weighted by molar-refractivity contribution is -0.156. The highest BCUT2D eigenvalue weighted by atomic mass is 35.5. The maximum Gasteiger partial charge on any atom is 0.355 e. The molecule has 12 nitrogen and oxygen atoms in total. The van der Waals surface area contributed by atoms with Crippen LogP contribution in [0, 0.1) is 5.92 Å². The Hall–Kier alpha value is -4.18. The molecule has 2 unspecified atom stereocenters.